The summed E-state index contributed by atoms with van der Waals surface area (Å²) in [4.78, 5) is 22.2. The standard InChI is InChI=1S/C33H51N5O3/c1-28(39)25-36-19-20-37(26-29(2)40)22-24-38(23-21-36)27-32(41)34-15-18-35-16-13-33(14-17-35,30-9-5-3-6-10-30)31-11-7-4-8-12-31/h3-12,28-29,39-40H,13-27H2,1-2H3,(H,34,41). The number of hydrogen-bond donors (Lipinski definition) is 3. The molecule has 0 saturated carbocycles. The predicted octanol–water partition coefficient (Wildman–Crippen LogP) is 1.87. The number of benzene rings is 2. The van der Waals surface area contributed by atoms with Crippen molar-refractivity contribution in [1.29, 1.82) is 0 Å². The molecule has 2 aliphatic rings. The fraction of sp³-hybridized carbons (Fsp3) is 0.606. The molecule has 41 heavy (non-hydrogen) atoms. The van der Waals surface area contributed by atoms with Gasteiger partial charge in [-0.05, 0) is 50.9 Å². The Hall–Kier alpha value is -2.33. The summed E-state index contributed by atoms with van der Waals surface area (Å²) in [5.74, 6) is 0.0633. The second-order valence-corrected chi connectivity index (χ2v) is 12.1. The average molecular weight is 566 g/mol. The molecule has 0 spiro atoms. The van der Waals surface area contributed by atoms with Gasteiger partial charge in [-0.1, -0.05) is 60.7 Å². The lowest BCUT2D eigenvalue weighted by molar-refractivity contribution is -0.122. The van der Waals surface area contributed by atoms with Crippen LogP contribution in [0.15, 0.2) is 60.7 Å². The van der Waals surface area contributed by atoms with E-state index in [1.807, 2.05) is 13.8 Å². The molecule has 226 valence electrons. The zero-order valence-electron chi connectivity index (χ0n) is 25.1. The maximum absolute atomic E-state index is 13.0. The smallest absolute Gasteiger partial charge is 0.234 e. The van der Waals surface area contributed by atoms with E-state index in [4.69, 9.17) is 0 Å². The molecule has 2 aromatic carbocycles. The van der Waals surface area contributed by atoms with Gasteiger partial charge in [0, 0.05) is 70.9 Å². The zero-order valence-corrected chi connectivity index (χ0v) is 25.1. The summed E-state index contributed by atoms with van der Waals surface area (Å²) in [6, 6.07) is 21.8. The van der Waals surface area contributed by atoms with Gasteiger partial charge in [-0.3, -0.25) is 19.5 Å². The van der Waals surface area contributed by atoms with Crippen LogP contribution in [0.4, 0.5) is 0 Å². The fourth-order valence-electron chi connectivity index (χ4n) is 6.48. The topological polar surface area (TPSA) is 82.5 Å². The molecule has 8 heteroatoms. The fourth-order valence-corrected chi connectivity index (χ4v) is 6.48. The zero-order chi connectivity index (χ0) is 29.1. The van der Waals surface area contributed by atoms with Crippen molar-refractivity contribution in [3.63, 3.8) is 0 Å². The summed E-state index contributed by atoms with van der Waals surface area (Å²) < 4.78 is 0. The normalized spacial score (nSPS) is 21.4. The highest BCUT2D eigenvalue weighted by Crippen LogP contribution is 2.41. The Morgan fingerprint density at radius 3 is 1.59 bits per heavy atom. The van der Waals surface area contributed by atoms with Crippen LogP contribution in [0.2, 0.25) is 0 Å². The van der Waals surface area contributed by atoms with Gasteiger partial charge >= 0.3 is 0 Å². The molecule has 2 aliphatic heterocycles. The van der Waals surface area contributed by atoms with Crippen molar-refractivity contribution >= 4 is 5.91 Å². The van der Waals surface area contributed by atoms with Gasteiger partial charge in [0.25, 0.3) is 0 Å². The largest absolute Gasteiger partial charge is 0.392 e. The molecule has 2 atom stereocenters. The Labute approximate surface area is 246 Å². The molecule has 8 nitrogen and oxygen atoms in total. The van der Waals surface area contributed by atoms with Crippen LogP contribution in [0.3, 0.4) is 0 Å². The van der Waals surface area contributed by atoms with E-state index in [1.165, 1.54) is 11.1 Å². The lowest BCUT2D eigenvalue weighted by Gasteiger charge is -2.43. The third-order valence-corrected chi connectivity index (χ3v) is 8.72. The van der Waals surface area contributed by atoms with Crippen molar-refractivity contribution in [2.75, 3.05) is 85.1 Å². The second-order valence-electron chi connectivity index (χ2n) is 12.1. The van der Waals surface area contributed by atoms with E-state index >= 15 is 0 Å². The van der Waals surface area contributed by atoms with Crippen molar-refractivity contribution in [1.82, 2.24) is 24.9 Å². The summed E-state index contributed by atoms with van der Waals surface area (Å²) in [6.07, 6.45) is 1.35. The SMILES string of the molecule is CC(O)CN1CCN(CC(=O)NCCN2CCC(c3ccccc3)(c3ccccc3)CC2)CCN(CC(C)O)CC1. The second kappa shape index (κ2) is 15.8. The van der Waals surface area contributed by atoms with Gasteiger partial charge in [0.05, 0.1) is 18.8 Å². The number of nitrogens with zero attached hydrogens (tertiary/aromatic N) is 4. The summed E-state index contributed by atoms with van der Waals surface area (Å²) in [6.45, 7) is 13.7. The number of aliphatic hydroxyl groups is 2. The number of nitrogens with one attached hydrogen (secondary N) is 1. The van der Waals surface area contributed by atoms with Gasteiger partial charge in [-0.15, -0.1) is 0 Å². The number of hydrogen-bond acceptors (Lipinski definition) is 7. The van der Waals surface area contributed by atoms with Crippen LogP contribution in [0, 0.1) is 0 Å². The van der Waals surface area contributed by atoms with Gasteiger partial charge in [0.2, 0.25) is 5.91 Å². The van der Waals surface area contributed by atoms with E-state index in [0.29, 0.717) is 26.2 Å². The van der Waals surface area contributed by atoms with E-state index in [2.05, 4.69) is 85.6 Å². The van der Waals surface area contributed by atoms with Gasteiger partial charge in [-0.2, -0.15) is 0 Å². The average Bonchev–Trinajstić information content (AvgIpc) is 3.05. The third-order valence-electron chi connectivity index (χ3n) is 8.72. The first-order valence-electron chi connectivity index (χ1n) is 15.5. The maximum atomic E-state index is 13.0. The van der Waals surface area contributed by atoms with Crippen molar-refractivity contribution in [2.45, 2.75) is 44.3 Å². The lowest BCUT2D eigenvalue weighted by Crippen LogP contribution is -2.47. The van der Waals surface area contributed by atoms with E-state index in [0.717, 1.165) is 71.7 Å². The number of rotatable bonds is 11. The van der Waals surface area contributed by atoms with Crippen molar-refractivity contribution in [2.24, 2.45) is 0 Å². The third kappa shape index (κ3) is 9.60. The number of carbonyl (C=O) groups is 1. The first-order chi connectivity index (χ1) is 19.8. The number of piperidine rings is 1. The molecule has 0 aromatic heterocycles. The lowest BCUT2D eigenvalue weighted by atomic mass is 9.68. The highest BCUT2D eigenvalue weighted by molar-refractivity contribution is 5.78. The molecule has 0 aliphatic carbocycles. The molecule has 1 amide bonds. The molecular formula is C33H51N5O3. The molecule has 2 aromatic rings. The number of likely N-dealkylation sites (tertiary alicyclic amines) is 1. The molecule has 0 bridgehead atoms. The van der Waals surface area contributed by atoms with Gasteiger partial charge in [0.15, 0.2) is 0 Å². The minimum atomic E-state index is -0.391. The minimum absolute atomic E-state index is 0.0376. The maximum Gasteiger partial charge on any atom is 0.234 e. The molecule has 2 unspecified atom stereocenters. The molecular weight excluding hydrogens is 514 g/mol. The minimum Gasteiger partial charge on any atom is -0.392 e. The van der Waals surface area contributed by atoms with Gasteiger partial charge in [0.1, 0.15) is 0 Å². The van der Waals surface area contributed by atoms with Crippen LogP contribution in [-0.2, 0) is 10.2 Å². The summed E-state index contributed by atoms with van der Waals surface area (Å²) >= 11 is 0. The van der Waals surface area contributed by atoms with Gasteiger partial charge in [-0.25, -0.2) is 0 Å². The molecule has 3 N–H and O–H groups in total. The predicted molar refractivity (Wildman–Crippen MR) is 165 cm³/mol. The highest BCUT2D eigenvalue weighted by atomic mass is 16.3. The molecule has 4 rings (SSSR count). The summed E-state index contributed by atoms with van der Waals surface area (Å²) in [5.41, 5.74) is 2.82. The van der Waals surface area contributed by atoms with Crippen LogP contribution in [-0.4, -0.2) is 133 Å². The van der Waals surface area contributed by atoms with Gasteiger partial charge < -0.3 is 20.4 Å². The van der Waals surface area contributed by atoms with Crippen LogP contribution in [0.5, 0.6) is 0 Å². The monoisotopic (exact) mass is 565 g/mol. The number of aliphatic hydroxyl groups excluding tert-OH is 2. The molecule has 2 heterocycles. The Morgan fingerprint density at radius 1 is 0.707 bits per heavy atom. The highest BCUT2D eigenvalue weighted by Gasteiger charge is 2.37. The summed E-state index contributed by atoms with van der Waals surface area (Å²) in [7, 11) is 0. The Morgan fingerprint density at radius 2 is 1.15 bits per heavy atom. The molecule has 0 radical (unpaired) electrons. The first-order valence-corrected chi connectivity index (χ1v) is 15.5. The van der Waals surface area contributed by atoms with E-state index in [9.17, 15) is 15.0 Å². The van der Waals surface area contributed by atoms with E-state index in [1.54, 1.807) is 0 Å². The Kier molecular flexibility index (Phi) is 12.2. The van der Waals surface area contributed by atoms with Crippen LogP contribution in [0.25, 0.3) is 0 Å². The van der Waals surface area contributed by atoms with Crippen molar-refractivity contribution < 1.29 is 15.0 Å². The van der Waals surface area contributed by atoms with Crippen LogP contribution in [0.1, 0.15) is 37.8 Å². The molecule has 2 saturated heterocycles. The molecule has 2 fully saturated rings. The first kappa shape index (κ1) is 31.6. The van der Waals surface area contributed by atoms with Crippen molar-refractivity contribution in [3.05, 3.63) is 71.8 Å². The van der Waals surface area contributed by atoms with E-state index < -0.39 is 12.2 Å². The Bertz CT molecular complexity index is 964. The van der Waals surface area contributed by atoms with Crippen molar-refractivity contribution in [3.8, 4) is 0 Å². The van der Waals surface area contributed by atoms with E-state index in [-0.39, 0.29) is 11.3 Å². The number of amides is 1. The summed E-state index contributed by atoms with van der Waals surface area (Å²) in [5, 5.41) is 23.0. The van der Waals surface area contributed by atoms with Crippen LogP contribution < -0.4 is 5.32 Å². The quantitative estimate of drug-likeness (QED) is 0.384. The number of carbonyl (C=O) groups excluding carboxylic acids is 1. The Balaban J connectivity index is 1.26. The number of β-amino-alcohol motifs (C(OH)–C–C–N with tert-alkyl or cyclic N) is 2. The van der Waals surface area contributed by atoms with Crippen LogP contribution >= 0.6 is 0 Å².